The molecule has 0 saturated heterocycles. The van der Waals surface area contributed by atoms with Crippen LogP contribution in [0.25, 0.3) is 0 Å². The molecule has 21 heavy (non-hydrogen) atoms. The van der Waals surface area contributed by atoms with E-state index in [1.165, 1.54) is 0 Å². The van der Waals surface area contributed by atoms with E-state index in [1.807, 2.05) is 29.8 Å². The second-order valence-corrected chi connectivity index (χ2v) is 5.45. The first kappa shape index (κ1) is 15.5. The summed E-state index contributed by atoms with van der Waals surface area (Å²) in [4.78, 5) is 0. The number of hydrogen-bond donors (Lipinski definition) is 1. The highest BCUT2D eigenvalue weighted by molar-refractivity contribution is 9.10. The van der Waals surface area contributed by atoms with Crippen LogP contribution < -0.4 is 10.1 Å². The van der Waals surface area contributed by atoms with Crippen molar-refractivity contribution in [2.75, 3.05) is 13.2 Å². The average molecular weight is 349 g/mol. The highest BCUT2D eigenvalue weighted by atomic mass is 79.9. The van der Waals surface area contributed by atoms with Gasteiger partial charge in [0.25, 0.3) is 0 Å². The average Bonchev–Trinajstić information content (AvgIpc) is 2.88. The summed E-state index contributed by atoms with van der Waals surface area (Å²) in [6, 6.07) is 5.89. The first-order chi connectivity index (χ1) is 10.2. The van der Waals surface area contributed by atoms with Crippen LogP contribution in [0.15, 0.2) is 29.0 Å². The highest BCUT2D eigenvalue weighted by Gasteiger charge is 2.05. The zero-order valence-electron chi connectivity index (χ0n) is 11.8. The van der Waals surface area contributed by atoms with E-state index in [1.54, 1.807) is 6.33 Å². The molecule has 0 bridgehead atoms. The Hall–Kier alpha value is -1.84. The van der Waals surface area contributed by atoms with Gasteiger partial charge in [-0.05, 0) is 18.2 Å². The van der Waals surface area contributed by atoms with Crippen molar-refractivity contribution in [2.24, 2.45) is 7.05 Å². The zero-order chi connectivity index (χ0) is 15.1. The summed E-state index contributed by atoms with van der Waals surface area (Å²) in [5.74, 6) is 4.24. The zero-order valence-corrected chi connectivity index (χ0v) is 13.4. The van der Waals surface area contributed by atoms with Crippen LogP contribution in [0.3, 0.4) is 0 Å². The van der Waals surface area contributed by atoms with Crippen molar-refractivity contribution in [1.82, 2.24) is 20.1 Å². The third-order valence-corrected chi connectivity index (χ3v) is 3.47. The Morgan fingerprint density at radius 1 is 1.48 bits per heavy atom. The third-order valence-electron chi connectivity index (χ3n) is 2.98. The van der Waals surface area contributed by atoms with Gasteiger partial charge in [-0.15, -0.1) is 16.6 Å². The summed E-state index contributed by atoms with van der Waals surface area (Å²) in [6.45, 7) is 1.79. The Kier molecular flexibility index (Phi) is 5.78. The Bertz CT molecular complexity index is 633. The second kappa shape index (κ2) is 7.81. The molecular weight excluding hydrogens is 332 g/mol. The number of nitrogens with zero attached hydrogens (tertiary/aromatic N) is 3. The first-order valence-electron chi connectivity index (χ1n) is 6.59. The SMILES string of the molecule is C#CCOc1ccc(Br)cc1CNCCc1nncn1C. The number of aryl methyl sites for hydroxylation is 1. The van der Waals surface area contributed by atoms with Gasteiger partial charge in [-0.3, -0.25) is 0 Å². The van der Waals surface area contributed by atoms with Crippen molar-refractivity contribution >= 4 is 15.9 Å². The van der Waals surface area contributed by atoms with Crippen molar-refractivity contribution in [1.29, 1.82) is 0 Å². The molecule has 2 rings (SSSR count). The van der Waals surface area contributed by atoms with Crippen molar-refractivity contribution < 1.29 is 4.74 Å². The van der Waals surface area contributed by atoms with Crippen LogP contribution in [0.4, 0.5) is 0 Å². The Morgan fingerprint density at radius 3 is 3.05 bits per heavy atom. The van der Waals surface area contributed by atoms with Crippen molar-refractivity contribution in [2.45, 2.75) is 13.0 Å². The van der Waals surface area contributed by atoms with Gasteiger partial charge in [0.05, 0.1) is 0 Å². The van der Waals surface area contributed by atoms with Crippen molar-refractivity contribution in [3.8, 4) is 18.1 Å². The fourth-order valence-electron chi connectivity index (χ4n) is 1.90. The minimum Gasteiger partial charge on any atom is -0.481 e. The number of halogens is 1. The minimum absolute atomic E-state index is 0.271. The Balaban J connectivity index is 1.88. The maximum absolute atomic E-state index is 5.54. The molecule has 1 aromatic carbocycles. The molecule has 0 unspecified atom stereocenters. The smallest absolute Gasteiger partial charge is 0.148 e. The Labute approximate surface area is 132 Å². The largest absolute Gasteiger partial charge is 0.481 e. The standard InChI is InChI=1S/C15H17BrN4O/c1-3-8-21-14-5-4-13(16)9-12(14)10-17-7-6-15-19-18-11-20(15)2/h1,4-5,9,11,17H,6-8,10H2,2H3. The number of aromatic nitrogens is 3. The molecule has 0 fully saturated rings. The van der Waals surface area contributed by atoms with Gasteiger partial charge in [0.1, 0.15) is 24.5 Å². The molecule has 6 heteroatoms. The normalized spacial score (nSPS) is 10.3. The number of nitrogens with one attached hydrogen (secondary N) is 1. The lowest BCUT2D eigenvalue weighted by atomic mass is 10.2. The molecule has 110 valence electrons. The topological polar surface area (TPSA) is 52.0 Å². The lowest BCUT2D eigenvalue weighted by molar-refractivity contribution is 0.364. The summed E-state index contributed by atoms with van der Waals surface area (Å²) in [6.07, 6.45) is 7.76. The lowest BCUT2D eigenvalue weighted by Crippen LogP contribution is -2.18. The number of ether oxygens (including phenoxy) is 1. The summed E-state index contributed by atoms with van der Waals surface area (Å²) >= 11 is 3.47. The fraction of sp³-hybridized carbons (Fsp3) is 0.333. The summed E-state index contributed by atoms with van der Waals surface area (Å²) in [5, 5.41) is 11.3. The van der Waals surface area contributed by atoms with E-state index in [0.717, 1.165) is 34.6 Å². The molecule has 0 radical (unpaired) electrons. The molecule has 0 saturated carbocycles. The third kappa shape index (κ3) is 4.59. The van der Waals surface area contributed by atoms with E-state index >= 15 is 0 Å². The van der Waals surface area contributed by atoms with E-state index in [0.29, 0.717) is 6.54 Å². The number of hydrogen-bond acceptors (Lipinski definition) is 4. The van der Waals surface area contributed by atoms with Crippen LogP contribution >= 0.6 is 15.9 Å². The molecule has 0 amide bonds. The first-order valence-corrected chi connectivity index (χ1v) is 7.38. The van der Waals surface area contributed by atoms with E-state index < -0.39 is 0 Å². The molecule has 0 spiro atoms. The highest BCUT2D eigenvalue weighted by Crippen LogP contribution is 2.23. The van der Waals surface area contributed by atoms with Crippen LogP contribution in [0.1, 0.15) is 11.4 Å². The molecule has 5 nitrogen and oxygen atoms in total. The van der Waals surface area contributed by atoms with Crippen LogP contribution in [0, 0.1) is 12.3 Å². The molecule has 2 aromatic rings. The molecule has 1 heterocycles. The summed E-state index contributed by atoms with van der Waals surface area (Å²) < 4.78 is 8.47. The quantitative estimate of drug-likeness (QED) is 0.613. The number of rotatable bonds is 7. The van der Waals surface area contributed by atoms with Gasteiger partial charge in [0.15, 0.2) is 0 Å². The molecule has 1 aromatic heterocycles. The number of terminal acetylenes is 1. The predicted octanol–water partition coefficient (Wildman–Crippen LogP) is 1.92. The minimum atomic E-state index is 0.271. The molecule has 0 aliphatic carbocycles. The monoisotopic (exact) mass is 348 g/mol. The van der Waals surface area contributed by atoms with E-state index in [9.17, 15) is 0 Å². The molecular formula is C15H17BrN4O. The fourth-order valence-corrected chi connectivity index (χ4v) is 2.31. The maximum atomic E-state index is 5.54. The van der Waals surface area contributed by atoms with Gasteiger partial charge in [-0.1, -0.05) is 21.9 Å². The van der Waals surface area contributed by atoms with Gasteiger partial charge in [-0.2, -0.15) is 0 Å². The molecule has 0 aliphatic rings. The second-order valence-electron chi connectivity index (χ2n) is 4.53. The predicted molar refractivity (Wildman–Crippen MR) is 84.9 cm³/mol. The van der Waals surface area contributed by atoms with E-state index in [-0.39, 0.29) is 6.61 Å². The van der Waals surface area contributed by atoms with Gasteiger partial charge in [-0.25, -0.2) is 0 Å². The molecule has 1 N–H and O–H groups in total. The summed E-state index contributed by atoms with van der Waals surface area (Å²) in [7, 11) is 1.94. The molecule has 0 aliphatic heterocycles. The van der Waals surface area contributed by atoms with E-state index in [4.69, 9.17) is 11.2 Å². The van der Waals surface area contributed by atoms with Gasteiger partial charge >= 0.3 is 0 Å². The maximum Gasteiger partial charge on any atom is 0.148 e. The van der Waals surface area contributed by atoms with Crippen LogP contribution in [0.2, 0.25) is 0 Å². The van der Waals surface area contributed by atoms with E-state index in [2.05, 4.69) is 37.4 Å². The summed E-state index contributed by atoms with van der Waals surface area (Å²) in [5.41, 5.74) is 1.07. The number of benzene rings is 1. The van der Waals surface area contributed by atoms with Gasteiger partial charge in [0, 0.05) is 36.6 Å². The van der Waals surface area contributed by atoms with Crippen LogP contribution in [-0.4, -0.2) is 27.9 Å². The van der Waals surface area contributed by atoms with Crippen LogP contribution in [-0.2, 0) is 20.0 Å². The van der Waals surface area contributed by atoms with Gasteiger partial charge in [0.2, 0.25) is 0 Å². The van der Waals surface area contributed by atoms with Gasteiger partial charge < -0.3 is 14.6 Å². The molecule has 0 atom stereocenters. The Morgan fingerprint density at radius 2 is 2.33 bits per heavy atom. The lowest BCUT2D eigenvalue weighted by Gasteiger charge is -2.11. The van der Waals surface area contributed by atoms with Crippen molar-refractivity contribution in [3.05, 3.63) is 40.4 Å². The van der Waals surface area contributed by atoms with Crippen LogP contribution in [0.5, 0.6) is 5.75 Å². The van der Waals surface area contributed by atoms with Crippen molar-refractivity contribution in [3.63, 3.8) is 0 Å².